The number of nitro benzene ring substituents is 2. The van der Waals surface area contributed by atoms with Gasteiger partial charge in [0.1, 0.15) is 0 Å². The highest BCUT2D eigenvalue weighted by atomic mass is 16.6. The summed E-state index contributed by atoms with van der Waals surface area (Å²) in [7, 11) is 0. The van der Waals surface area contributed by atoms with Crippen LogP contribution in [0.5, 0.6) is 0 Å². The summed E-state index contributed by atoms with van der Waals surface area (Å²) in [5.74, 6) is 0. The molecule has 1 aromatic heterocycles. The second-order valence-corrected chi connectivity index (χ2v) is 4.20. The summed E-state index contributed by atoms with van der Waals surface area (Å²) in [6, 6.07) is 5.93. The van der Waals surface area contributed by atoms with Crippen LogP contribution < -0.4 is 0 Å². The van der Waals surface area contributed by atoms with Gasteiger partial charge in [-0.2, -0.15) is 0 Å². The van der Waals surface area contributed by atoms with Crippen molar-refractivity contribution in [3.8, 4) is 11.3 Å². The molecule has 0 unspecified atom stereocenters. The van der Waals surface area contributed by atoms with Gasteiger partial charge in [0.05, 0.1) is 27.2 Å². The maximum atomic E-state index is 11.1. The highest BCUT2D eigenvalue weighted by molar-refractivity contribution is 5.83. The number of hydrogen-bond acceptors (Lipinski definition) is 5. The van der Waals surface area contributed by atoms with Crippen molar-refractivity contribution in [1.29, 1.82) is 0 Å². The molecule has 94 valence electrons. The van der Waals surface area contributed by atoms with Gasteiger partial charge in [0.25, 0.3) is 11.4 Å². The molecule has 0 bridgehead atoms. The van der Waals surface area contributed by atoms with Crippen molar-refractivity contribution in [3.05, 3.63) is 61.8 Å². The molecule has 0 saturated carbocycles. The van der Waals surface area contributed by atoms with Crippen LogP contribution in [-0.2, 0) is 6.42 Å². The van der Waals surface area contributed by atoms with Crippen molar-refractivity contribution in [3.63, 3.8) is 0 Å². The smallest absolute Gasteiger partial charge is 0.258 e. The van der Waals surface area contributed by atoms with E-state index in [4.69, 9.17) is 0 Å². The third-order valence-electron chi connectivity index (χ3n) is 3.10. The average Bonchev–Trinajstić information content (AvgIpc) is 2.75. The zero-order valence-corrected chi connectivity index (χ0v) is 9.57. The summed E-state index contributed by atoms with van der Waals surface area (Å²) in [6.07, 6.45) is 1.99. The molecule has 0 aliphatic heterocycles. The molecule has 0 spiro atoms. The minimum atomic E-state index is -0.621. The molecule has 1 heterocycles. The molecule has 7 heteroatoms. The Hall–Kier alpha value is -2.83. The number of pyridine rings is 1. The van der Waals surface area contributed by atoms with Gasteiger partial charge < -0.3 is 0 Å². The first kappa shape index (κ1) is 11.3. The lowest BCUT2D eigenvalue weighted by Gasteiger charge is -2.01. The molecule has 1 aromatic carbocycles. The molecule has 0 fully saturated rings. The van der Waals surface area contributed by atoms with E-state index in [0.717, 1.165) is 11.6 Å². The van der Waals surface area contributed by atoms with Gasteiger partial charge >= 0.3 is 0 Å². The van der Waals surface area contributed by atoms with E-state index in [-0.39, 0.29) is 11.4 Å². The largest absolute Gasteiger partial charge is 0.285 e. The highest BCUT2D eigenvalue weighted by Crippen LogP contribution is 2.43. The molecule has 1 aliphatic carbocycles. The first-order valence-electron chi connectivity index (χ1n) is 5.48. The zero-order valence-electron chi connectivity index (χ0n) is 9.57. The van der Waals surface area contributed by atoms with Crippen LogP contribution in [0.2, 0.25) is 0 Å². The molecule has 1 aliphatic rings. The summed E-state index contributed by atoms with van der Waals surface area (Å²) < 4.78 is 0. The van der Waals surface area contributed by atoms with Crippen LogP contribution in [0.25, 0.3) is 11.3 Å². The van der Waals surface area contributed by atoms with Gasteiger partial charge in [-0.15, -0.1) is 0 Å². The molecular formula is C12H7N3O4. The molecule has 0 atom stereocenters. The van der Waals surface area contributed by atoms with E-state index < -0.39 is 9.85 Å². The third kappa shape index (κ3) is 1.63. The molecule has 3 rings (SSSR count). The van der Waals surface area contributed by atoms with Crippen LogP contribution >= 0.6 is 0 Å². The second kappa shape index (κ2) is 3.84. The topological polar surface area (TPSA) is 99.2 Å². The molecule has 0 saturated heterocycles. The van der Waals surface area contributed by atoms with Crippen molar-refractivity contribution >= 4 is 11.4 Å². The molecule has 19 heavy (non-hydrogen) atoms. The maximum Gasteiger partial charge on any atom is 0.285 e. The molecular weight excluding hydrogens is 250 g/mol. The fraction of sp³-hybridized carbons (Fsp3) is 0.0833. The predicted octanol–water partition coefficient (Wildman–Crippen LogP) is 2.47. The van der Waals surface area contributed by atoms with E-state index in [1.165, 1.54) is 6.07 Å². The standard InChI is InChI=1S/C12H7N3O4/c16-14(17)9-5-8-4-7-2-1-3-13-12(7)11(8)10(6-9)15(18)19/h1-3,5-6H,4H2. The fourth-order valence-electron chi connectivity index (χ4n) is 2.34. The number of fused-ring (bicyclic) bond motifs is 3. The summed E-state index contributed by atoms with van der Waals surface area (Å²) in [4.78, 5) is 24.8. The fourth-order valence-corrected chi connectivity index (χ4v) is 2.34. The van der Waals surface area contributed by atoms with E-state index >= 15 is 0 Å². The number of nitro groups is 2. The van der Waals surface area contributed by atoms with Crippen LogP contribution in [0, 0.1) is 20.2 Å². The van der Waals surface area contributed by atoms with Gasteiger partial charge in [0.2, 0.25) is 0 Å². The second-order valence-electron chi connectivity index (χ2n) is 4.20. The van der Waals surface area contributed by atoms with Crippen LogP contribution in [0.15, 0.2) is 30.5 Å². The van der Waals surface area contributed by atoms with Gasteiger partial charge in [0.15, 0.2) is 0 Å². The number of hydrogen-bond donors (Lipinski definition) is 0. The minimum absolute atomic E-state index is 0.262. The Kier molecular flexibility index (Phi) is 2.28. The predicted molar refractivity (Wildman–Crippen MR) is 65.8 cm³/mol. The molecule has 0 radical (unpaired) electrons. The van der Waals surface area contributed by atoms with Crippen molar-refractivity contribution in [2.24, 2.45) is 0 Å². The van der Waals surface area contributed by atoms with Crippen molar-refractivity contribution in [2.45, 2.75) is 6.42 Å². The van der Waals surface area contributed by atoms with Gasteiger partial charge in [0, 0.05) is 18.7 Å². The van der Waals surface area contributed by atoms with Crippen LogP contribution in [0.4, 0.5) is 11.4 Å². The van der Waals surface area contributed by atoms with Gasteiger partial charge in [-0.3, -0.25) is 25.2 Å². The number of aromatic nitrogens is 1. The van der Waals surface area contributed by atoms with Crippen molar-refractivity contribution in [2.75, 3.05) is 0 Å². The Morgan fingerprint density at radius 1 is 1.11 bits per heavy atom. The van der Waals surface area contributed by atoms with E-state index in [2.05, 4.69) is 4.98 Å². The number of non-ortho nitro benzene ring substituents is 1. The Balaban J connectivity index is 2.32. The Labute approximate surface area is 106 Å². The zero-order chi connectivity index (χ0) is 13.6. The van der Waals surface area contributed by atoms with Gasteiger partial charge in [-0.25, -0.2) is 0 Å². The van der Waals surface area contributed by atoms with Crippen molar-refractivity contribution < 1.29 is 9.85 Å². The van der Waals surface area contributed by atoms with E-state index in [0.29, 0.717) is 23.2 Å². The van der Waals surface area contributed by atoms with Gasteiger partial charge in [-0.1, -0.05) is 6.07 Å². The molecule has 2 aromatic rings. The van der Waals surface area contributed by atoms with Crippen LogP contribution in [-0.4, -0.2) is 14.8 Å². The van der Waals surface area contributed by atoms with Gasteiger partial charge in [-0.05, 0) is 17.2 Å². The lowest BCUT2D eigenvalue weighted by Crippen LogP contribution is -1.97. The first-order chi connectivity index (χ1) is 9.08. The number of rotatable bonds is 2. The highest BCUT2D eigenvalue weighted by Gasteiger charge is 2.31. The first-order valence-corrected chi connectivity index (χ1v) is 5.48. The number of benzene rings is 1. The Bertz CT molecular complexity index is 727. The summed E-state index contributed by atoms with van der Waals surface area (Å²) >= 11 is 0. The van der Waals surface area contributed by atoms with Crippen LogP contribution in [0.1, 0.15) is 11.1 Å². The van der Waals surface area contributed by atoms with E-state index in [9.17, 15) is 20.2 Å². The third-order valence-corrected chi connectivity index (χ3v) is 3.10. The van der Waals surface area contributed by atoms with Crippen LogP contribution in [0.3, 0.4) is 0 Å². The molecule has 0 N–H and O–H groups in total. The summed E-state index contributed by atoms with van der Waals surface area (Å²) in [5, 5.41) is 21.9. The summed E-state index contributed by atoms with van der Waals surface area (Å²) in [6.45, 7) is 0. The lowest BCUT2D eigenvalue weighted by molar-refractivity contribution is -0.393. The summed E-state index contributed by atoms with van der Waals surface area (Å²) in [5.41, 5.74) is 1.83. The SMILES string of the molecule is O=[N+]([O-])c1cc2c(c([N+](=O)[O-])c1)-c1ncccc1C2. The van der Waals surface area contributed by atoms with Crippen molar-refractivity contribution in [1.82, 2.24) is 4.98 Å². The average molecular weight is 257 g/mol. The monoisotopic (exact) mass is 257 g/mol. The minimum Gasteiger partial charge on any atom is -0.258 e. The quantitative estimate of drug-likeness (QED) is 0.518. The Morgan fingerprint density at radius 2 is 1.89 bits per heavy atom. The van der Waals surface area contributed by atoms with E-state index in [1.54, 1.807) is 12.3 Å². The maximum absolute atomic E-state index is 11.1. The molecule has 0 amide bonds. The normalized spacial score (nSPS) is 11.8. The van der Waals surface area contributed by atoms with E-state index in [1.807, 2.05) is 6.07 Å². The Morgan fingerprint density at radius 3 is 2.58 bits per heavy atom. The lowest BCUT2D eigenvalue weighted by atomic mass is 10.1. The number of nitrogens with zero attached hydrogens (tertiary/aromatic N) is 3. The molecule has 7 nitrogen and oxygen atoms in total.